The van der Waals surface area contributed by atoms with Crippen LogP contribution < -0.4 is 10.6 Å². The first kappa shape index (κ1) is 16.0. The number of hydrogen-bond acceptors (Lipinski definition) is 2. The molecule has 2 aromatic rings. The van der Waals surface area contributed by atoms with Crippen molar-refractivity contribution in [1.82, 2.24) is 10.6 Å². The molecule has 0 bridgehead atoms. The first-order chi connectivity index (χ1) is 10.4. The van der Waals surface area contributed by atoms with Crippen molar-refractivity contribution in [3.05, 3.63) is 48.0 Å². The fourth-order valence-corrected chi connectivity index (χ4v) is 2.04. The van der Waals surface area contributed by atoms with E-state index in [1.54, 1.807) is 0 Å². The maximum atomic E-state index is 11.8. The molecule has 0 heterocycles. The molecule has 0 fully saturated rings. The van der Waals surface area contributed by atoms with E-state index in [9.17, 15) is 9.59 Å². The van der Waals surface area contributed by atoms with Crippen LogP contribution in [-0.4, -0.2) is 18.4 Å². The molecule has 2 N–H and O–H groups in total. The smallest absolute Gasteiger partial charge is 0.239 e. The fourth-order valence-electron chi connectivity index (χ4n) is 2.04. The Hall–Kier alpha value is -2.36. The lowest BCUT2D eigenvalue weighted by atomic mass is 9.96. The van der Waals surface area contributed by atoms with Gasteiger partial charge in [0, 0.05) is 12.0 Å². The van der Waals surface area contributed by atoms with E-state index in [0.29, 0.717) is 6.54 Å². The minimum Gasteiger partial charge on any atom is -0.350 e. The zero-order valence-corrected chi connectivity index (χ0v) is 13.3. The Kier molecular flexibility index (Phi) is 4.81. The summed E-state index contributed by atoms with van der Waals surface area (Å²) in [6.45, 7) is 5.90. The van der Waals surface area contributed by atoms with Gasteiger partial charge >= 0.3 is 0 Å². The zero-order valence-electron chi connectivity index (χ0n) is 13.3. The summed E-state index contributed by atoms with van der Waals surface area (Å²) in [5.74, 6) is -0.320. The summed E-state index contributed by atoms with van der Waals surface area (Å²) in [6.07, 6.45) is 0. The molecule has 0 saturated carbocycles. The number of nitrogens with one attached hydrogen (secondary N) is 2. The van der Waals surface area contributed by atoms with Crippen molar-refractivity contribution in [2.45, 2.75) is 27.3 Å². The van der Waals surface area contributed by atoms with E-state index in [1.165, 1.54) is 5.39 Å². The van der Waals surface area contributed by atoms with E-state index < -0.39 is 5.41 Å². The molecule has 2 amide bonds. The van der Waals surface area contributed by atoms with Crippen molar-refractivity contribution < 1.29 is 9.59 Å². The minimum atomic E-state index is -0.487. The van der Waals surface area contributed by atoms with Crippen molar-refractivity contribution in [1.29, 1.82) is 0 Å². The van der Waals surface area contributed by atoms with Crippen LogP contribution in [0.15, 0.2) is 42.5 Å². The van der Waals surface area contributed by atoms with Gasteiger partial charge in [-0.25, -0.2) is 0 Å². The highest BCUT2D eigenvalue weighted by Crippen LogP contribution is 2.15. The number of hydrogen-bond donors (Lipinski definition) is 2. The van der Waals surface area contributed by atoms with Gasteiger partial charge in [-0.3, -0.25) is 9.59 Å². The second kappa shape index (κ2) is 6.60. The fraction of sp³-hybridized carbons (Fsp3) is 0.333. The highest BCUT2D eigenvalue weighted by molar-refractivity contribution is 5.87. The summed E-state index contributed by atoms with van der Waals surface area (Å²) in [6, 6.07) is 14.2. The molecule has 0 aliphatic rings. The molecule has 0 unspecified atom stereocenters. The summed E-state index contributed by atoms with van der Waals surface area (Å²) >= 11 is 0. The van der Waals surface area contributed by atoms with Crippen molar-refractivity contribution >= 4 is 22.6 Å². The van der Waals surface area contributed by atoms with E-state index in [4.69, 9.17) is 0 Å². The van der Waals surface area contributed by atoms with Crippen molar-refractivity contribution in [2.24, 2.45) is 5.41 Å². The van der Waals surface area contributed by atoms with Crippen LogP contribution in [0.2, 0.25) is 0 Å². The van der Waals surface area contributed by atoms with Gasteiger partial charge in [0.1, 0.15) is 0 Å². The van der Waals surface area contributed by atoms with E-state index in [1.807, 2.05) is 51.1 Å². The molecule has 0 aliphatic heterocycles. The summed E-state index contributed by atoms with van der Waals surface area (Å²) in [5.41, 5.74) is 0.549. The van der Waals surface area contributed by atoms with Crippen LogP contribution in [0.3, 0.4) is 0 Å². The van der Waals surface area contributed by atoms with E-state index in [0.717, 1.165) is 10.9 Å². The Morgan fingerprint density at radius 1 is 0.955 bits per heavy atom. The molecule has 4 nitrogen and oxygen atoms in total. The molecule has 0 aromatic heterocycles. The lowest BCUT2D eigenvalue weighted by molar-refractivity contribution is -0.131. The van der Waals surface area contributed by atoms with Crippen molar-refractivity contribution in [3.63, 3.8) is 0 Å². The molecule has 4 heteroatoms. The zero-order chi connectivity index (χ0) is 16.2. The van der Waals surface area contributed by atoms with E-state index in [2.05, 4.69) is 22.8 Å². The predicted octanol–water partition coefficient (Wildman–Crippen LogP) is 2.62. The van der Waals surface area contributed by atoms with Crippen LogP contribution in [0, 0.1) is 5.41 Å². The third-order valence-corrected chi connectivity index (χ3v) is 3.39. The molecule has 0 radical (unpaired) electrons. The molecule has 2 aromatic carbocycles. The van der Waals surface area contributed by atoms with Gasteiger partial charge in [-0.05, 0) is 22.4 Å². The molecular weight excluding hydrogens is 276 g/mol. The SMILES string of the molecule is CC(C)(C)C(=O)NCC(=O)NCc1ccc2ccccc2c1. The second-order valence-electron chi connectivity index (χ2n) is 6.39. The molecule has 2 rings (SSSR count). The first-order valence-electron chi connectivity index (χ1n) is 7.39. The summed E-state index contributed by atoms with van der Waals surface area (Å²) in [7, 11) is 0. The summed E-state index contributed by atoms with van der Waals surface area (Å²) in [4.78, 5) is 23.5. The Morgan fingerprint density at radius 2 is 1.64 bits per heavy atom. The van der Waals surface area contributed by atoms with Crippen LogP contribution in [0.4, 0.5) is 0 Å². The largest absolute Gasteiger partial charge is 0.350 e. The lowest BCUT2D eigenvalue weighted by Crippen LogP contribution is -2.41. The van der Waals surface area contributed by atoms with Gasteiger partial charge in [-0.1, -0.05) is 57.2 Å². The number of amides is 2. The number of carbonyl (C=O) groups excluding carboxylic acids is 2. The predicted molar refractivity (Wildman–Crippen MR) is 88.3 cm³/mol. The highest BCUT2D eigenvalue weighted by Gasteiger charge is 2.21. The highest BCUT2D eigenvalue weighted by atomic mass is 16.2. The van der Waals surface area contributed by atoms with E-state index >= 15 is 0 Å². The van der Waals surface area contributed by atoms with Crippen molar-refractivity contribution in [3.8, 4) is 0 Å². The molecule has 0 spiro atoms. The molecule has 0 saturated heterocycles. The number of fused-ring (bicyclic) bond motifs is 1. The standard InChI is InChI=1S/C18H22N2O2/c1-18(2,3)17(22)20-12-16(21)19-11-13-8-9-14-6-4-5-7-15(14)10-13/h4-10H,11-12H2,1-3H3,(H,19,21)(H,20,22). The average Bonchev–Trinajstić information content (AvgIpc) is 2.49. The van der Waals surface area contributed by atoms with Gasteiger partial charge < -0.3 is 10.6 Å². The second-order valence-corrected chi connectivity index (χ2v) is 6.39. The maximum absolute atomic E-state index is 11.8. The van der Waals surface area contributed by atoms with Crippen LogP contribution in [0.5, 0.6) is 0 Å². The van der Waals surface area contributed by atoms with Gasteiger partial charge in [0.05, 0.1) is 6.54 Å². The topological polar surface area (TPSA) is 58.2 Å². The van der Waals surface area contributed by atoms with Crippen molar-refractivity contribution in [2.75, 3.05) is 6.54 Å². The first-order valence-corrected chi connectivity index (χ1v) is 7.39. The number of carbonyl (C=O) groups is 2. The Bertz CT molecular complexity index is 687. The van der Waals surface area contributed by atoms with Gasteiger partial charge in [0.2, 0.25) is 11.8 Å². The summed E-state index contributed by atoms with van der Waals surface area (Å²) < 4.78 is 0. The minimum absolute atomic E-state index is 0.00366. The Morgan fingerprint density at radius 3 is 2.32 bits per heavy atom. The third kappa shape index (κ3) is 4.32. The maximum Gasteiger partial charge on any atom is 0.239 e. The monoisotopic (exact) mass is 298 g/mol. The van der Waals surface area contributed by atoms with Crippen LogP contribution >= 0.6 is 0 Å². The quantitative estimate of drug-likeness (QED) is 0.911. The number of benzene rings is 2. The molecular formula is C18H22N2O2. The third-order valence-electron chi connectivity index (χ3n) is 3.39. The number of rotatable bonds is 4. The summed E-state index contributed by atoms with van der Waals surface area (Å²) in [5, 5.41) is 7.78. The van der Waals surface area contributed by atoms with Gasteiger partial charge in [0.25, 0.3) is 0 Å². The average molecular weight is 298 g/mol. The van der Waals surface area contributed by atoms with Crippen LogP contribution in [0.25, 0.3) is 10.8 Å². The molecule has 0 atom stereocenters. The van der Waals surface area contributed by atoms with Crippen LogP contribution in [-0.2, 0) is 16.1 Å². The lowest BCUT2D eigenvalue weighted by Gasteiger charge is -2.17. The van der Waals surface area contributed by atoms with Gasteiger partial charge in [-0.2, -0.15) is 0 Å². The van der Waals surface area contributed by atoms with Crippen LogP contribution in [0.1, 0.15) is 26.3 Å². The Labute approximate surface area is 130 Å². The van der Waals surface area contributed by atoms with E-state index in [-0.39, 0.29) is 18.4 Å². The molecule has 0 aliphatic carbocycles. The molecule has 116 valence electrons. The molecule has 22 heavy (non-hydrogen) atoms. The Balaban J connectivity index is 1.86. The normalized spacial score (nSPS) is 11.2. The van der Waals surface area contributed by atoms with Gasteiger partial charge in [0.15, 0.2) is 0 Å². The van der Waals surface area contributed by atoms with Gasteiger partial charge in [-0.15, -0.1) is 0 Å².